The van der Waals surface area contributed by atoms with Crippen LogP contribution in [0.5, 0.6) is 0 Å². The van der Waals surface area contributed by atoms with Crippen LogP contribution in [0.3, 0.4) is 0 Å². The third kappa shape index (κ3) is 1.81. The smallest absolute Gasteiger partial charge is 0.343 e. The van der Waals surface area contributed by atoms with Gasteiger partial charge in [0, 0.05) is 0 Å². The molecule has 130 valence electrons. The van der Waals surface area contributed by atoms with Gasteiger partial charge in [0.15, 0.2) is 5.60 Å². The minimum Gasteiger partial charge on any atom is -0.472 e. The van der Waals surface area contributed by atoms with Gasteiger partial charge in [-0.1, -0.05) is 26.8 Å². The van der Waals surface area contributed by atoms with Gasteiger partial charge in [-0.25, -0.2) is 4.79 Å². The highest BCUT2D eigenvalue weighted by molar-refractivity contribution is 5.86. The number of rotatable bonds is 3. The average Bonchev–Trinajstić information content (AvgIpc) is 3.12. The number of aryl methyl sites for hydroxylation is 1. The number of allylic oxidation sites excluding steroid dienone is 1. The van der Waals surface area contributed by atoms with Crippen molar-refractivity contribution in [2.75, 3.05) is 0 Å². The van der Waals surface area contributed by atoms with Crippen molar-refractivity contribution in [1.29, 1.82) is 0 Å². The fourth-order valence-electron chi connectivity index (χ4n) is 5.61. The molecule has 0 unspecified atom stereocenters. The number of carbonyl (C=O) groups is 1. The predicted molar refractivity (Wildman–Crippen MR) is 89.1 cm³/mol. The van der Waals surface area contributed by atoms with Crippen LogP contribution in [0.15, 0.2) is 35.2 Å². The van der Waals surface area contributed by atoms with Gasteiger partial charge in [-0.05, 0) is 60.6 Å². The van der Waals surface area contributed by atoms with Gasteiger partial charge in [-0.2, -0.15) is 0 Å². The predicted octanol–water partition coefficient (Wildman–Crippen LogP) is 3.50. The van der Waals surface area contributed by atoms with Gasteiger partial charge in [0.1, 0.15) is 6.10 Å². The van der Waals surface area contributed by atoms with Gasteiger partial charge >= 0.3 is 5.97 Å². The van der Waals surface area contributed by atoms with E-state index in [1.54, 1.807) is 18.6 Å². The molecule has 1 aromatic heterocycles. The SMILES string of the molecule is C[C@@H]1C[C@H]2OC(=O)[C@]3(O)C=CC[C@H]([C@@]1(C)CCc1ccoc1)[C@]23C. The van der Waals surface area contributed by atoms with Crippen molar-refractivity contribution in [1.82, 2.24) is 0 Å². The molecule has 0 radical (unpaired) electrons. The Kier molecular flexibility index (Phi) is 3.31. The first-order chi connectivity index (χ1) is 11.3. The van der Waals surface area contributed by atoms with Crippen LogP contribution >= 0.6 is 0 Å². The van der Waals surface area contributed by atoms with Crippen molar-refractivity contribution in [2.45, 2.75) is 58.2 Å². The van der Waals surface area contributed by atoms with Crippen LogP contribution in [0, 0.1) is 22.7 Å². The van der Waals surface area contributed by atoms with E-state index in [0.717, 1.165) is 25.7 Å². The molecular weight excluding hydrogens is 304 g/mol. The molecule has 24 heavy (non-hydrogen) atoms. The number of aliphatic hydroxyl groups is 1. The summed E-state index contributed by atoms with van der Waals surface area (Å²) < 4.78 is 10.8. The molecule has 2 fully saturated rings. The second kappa shape index (κ2) is 4.98. The van der Waals surface area contributed by atoms with Crippen LogP contribution in [-0.4, -0.2) is 22.8 Å². The maximum absolute atomic E-state index is 12.4. The van der Waals surface area contributed by atoms with Crippen LogP contribution in [0.1, 0.15) is 45.6 Å². The Hall–Kier alpha value is -1.55. The lowest BCUT2D eigenvalue weighted by Crippen LogP contribution is -2.62. The summed E-state index contributed by atoms with van der Waals surface area (Å²) >= 11 is 0. The average molecular weight is 330 g/mol. The number of hydrogen-bond acceptors (Lipinski definition) is 4. The van der Waals surface area contributed by atoms with Crippen LogP contribution < -0.4 is 0 Å². The molecule has 0 bridgehead atoms. The molecule has 1 saturated carbocycles. The Balaban J connectivity index is 1.71. The molecule has 1 aromatic rings. The zero-order valence-corrected chi connectivity index (χ0v) is 14.6. The first-order valence-corrected chi connectivity index (χ1v) is 8.94. The summed E-state index contributed by atoms with van der Waals surface area (Å²) in [4.78, 5) is 12.4. The van der Waals surface area contributed by atoms with Gasteiger partial charge in [0.25, 0.3) is 0 Å². The summed E-state index contributed by atoms with van der Waals surface area (Å²) in [7, 11) is 0. The molecule has 0 spiro atoms. The molecule has 2 heterocycles. The highest BCUT2D eigenvalue weighted by atomic mass is 16.6. The Morgan fingerprint density at radius 2 is 2.17 bits per heavy atom. The Morgan fingerprint density at radius 3 is 2.88 bits per heavy atom. The van der Waals surface area contributed by atoms with Crippen molar-refractivity contribution in [3.8, 4) is 0 Å². The van der Waals surface area contributed by atoms with Gasteiger partial charge in [0.2, 0.25) is 0 Å². The number of carbonyl (C=O) groups excluding carboxylic acids is 1. The monoisotopic (exact) mass is 330 g/mol. The van der Waals surface area contributed by atoms with E-state index in [4.69, 9.17) is 9.15 Å². The van der Waals surface area contributed by atoms with Gasteiger partial charge < -0.3 is 14.3 Å². The maximum Gasteiger partial charge on any atom is 0.343 e. The first kappa shape index (κ1) is 15.9. The minimum atomic E-state index is -1.47. The van der Waals surface area contributed by atoms with Crippen LogP contribution in [0.4, 0.5) is 0 Å². The van der Waals surface area contributed by atoms with E-state index < -0.39 is 17.0 Å². The maximum atomic E-state index is 12.4. The Labute approximate surface area is 142 Å². The van der Waals surface area contributed by atoms with E-state index in [1.807, 2.05) is 12.1 Å². The van der Waals surface area contributed by atoms with E-state index in [9.17, 15) is 9.90 Å². The summed E-state index contributed by atoms with van der Waals surface area (Å²) in [5, 5.41) is 11.1. The van der Waals surface area contributed by atoms with E-state index in [1.165, 1.54) is 5.56 Å². The molecule has 1 N–H and O–H groups in total. The van der Waals surface area contributed by atoms with Crippen LogP contribution in [0.25, 0.3) is 0 Å². The minimum absolute atomic E-state index is 0.0369. The van der Waals surface area contributed by atoms with E-state index in [-0.39, 0.29) is 17.4 Å². The van der Waals surface area contributed by atoms with Crippen molar-refractivity contribution in [2.24, 2.45) is 22.7 Å². The fraction of sp³-hybridized carbons (Fsp3) is 0.650. The molecule has 6 atom stereocenters. The second-order valence-electron chi connectivity index (χ2n) is 8.41. The highest BCUT2D eigenvalue weighted by Gasteiger charge is 2.72. The van der Waals surface area contributed by atoms with Crippen molar-refractivity contribution in [3.05, 3.63) is 36.3 Å². The molecule has 0 amide bonds. The van der Waals surface area contributed by atoms with Gasteiger partial charge in [-0.15, -0.1) is 0 Å². The highest BCUT2D eigenvalue weighted by Crippen LogP contribution is 2.66. The van der Waals surface area contributed by atoms with E-state index in [2.05, 4.69) is 20.8 Å². The number of ether oxygens (including phenoxy) is 1. The lowest BCUT2D eigenvalue weighted by Gasteiger charge is -2.59. The van der Waals surface area contributed by atoms with Crippen molar-refractivity contribution in [3.63, 3.8) is 0 Å². The summed E-state index contributed by atoms with van der Waals surface area (Å²) in [5.74, 6) is 0.170. The second-order valence-corrected chi connectivity index (χ2v) is 8.41. The Morgan fingerprint density at radius 1 is 1.38 bits per heavy atom. The first-order valence-electron chi connectivity index (χ1n) is 8.94. The molecule has 3 aliphatic rings. The molecule has 4 heteroatoms. The van der Waals surface area contributed by atoms with Crippen molar-refractivity contribution < 1.29 is 19.1 Å². The van der Waals surface area contributed by atoms with Gasteiger partial charge in [0.05, 0.1) is 17.9 Å². The standard InChI is InChI=1S/C20H26O4/c1-13-11-16-19(3)15(5-4-8-20(19,22)17(21)24-16)18(13,2)9-6-14-7-10-23-12-14/h4,7-8,10,12-13,15-16,22H,5-6,9,11H2,1-3H3/t13-,15-,16-,18+,19-,20-/m1/s1. The van der Waals surface area contributed by atoms with Crippen LogP contribution in [0.2, 0.25) is 0 Å². The number of esters is 1. The normalized spacial score (nSPS) is 46.7. The number of furan rings is 1. The zero-order chi connectivity index (χ0) is 17.2. The van der Waals surface area contributed by atoms with E-state index >= 15 is 0 Å². The summed E-state index contributed by atoms with van der Waals surface area (Å²) in [6, 6.07) is 2.01. The van der Waals surface area contributed by atoms with Crippen molar-refractivity contribution >= 4 is 5.97 Å². The van der Waals surface area contributed by atoms with Crippen LogP contribution in [-0.2, 0) is 16.0 Å². The quantitative estimate of drug-likeness (QED) is 0.681. The zero-order valence-electron chi connectivity index (χ0n) is 14.6. The summed E-state index contributed by atoms with van der Waals surface area (Å²) in [6.45, 7) is 6.64. The molecule has 1 aliphatic heterocycles. The summed E-state index contributed by atoms with van der Waals surface area (Å²) in [6.07, 6.45) is 10.6. The Bertz CT molecular complexity index is 678. The molecule has 0 aromatic carbocycles. The fourth-order valence-corrected chi connectivity index (χ4v) is 5.61. The largest absolute Gasteiger partial charge is 0.472 e. The topological polar surface area (TPSA) is 59.7 Å². The lowest BCUT2D eigenvalue weighted by atomic mass is 9.44. The number of hydrogen-bond donors (Lipinski definition) is 1. The molecule has 4 nitrogen and oxygen atoms in total. The molecule has 4 rings (SSSR count). The molecule has 2 aliphatic carbocycles. The molecule has 1 saturated heterocycles. The third-order valence-electron chi connectivity index (χ3n) is 7.53. The van der Waals surface area contributed by atoms with E-state index in [0.29, 0.717) is 5.92 Å². The van der Waals surface area contributed by atoms with Gasteiger partial charge in [-0.3, -0.25) is 0 Å². The summed E-state index contributed by atoms with van der Waals surface area (Å²) in [5.41, 5.74) is -0.778. The lowest BCUT2D eigenvalue weighted by molar-refractivity contribution is -0.158. The molecular formula is C20H26O4. The third-order valence-corrected chi connectivity index (χ3v) is 7.53.